The lowest BCUT2D eigenvalue weighted by molar-refractivity contribution is 0.479. The number of hydrogen-bond acceptors (Lipinski definition) is 1. The molecule has 3 heteroatoms. The molecule has 0 spiro atoms. The molecule has 0 fully saturated rings. The van der Waals surface area contributed by atoms with Crippen molar-refractivity contribution in [2.75, 3.05) is 14.1 Å². The Kier molecular flexibility index (Phi) is 4.08. The Morgan fingerprint density at radius 1 is 0.933 bits per heavy atom. The van der Waals surface area contributed by atoms with Crippen LogP contribution in [0, 0.1) is 16.2 Å². The van der Waals surface area contributed by atoms with Gasteiger partial charge in [-0.3, -0.25) is 5.41 Å². The van der Waals surface area contributed by atoms with Gasteiger partial charge in [-0.1, -0.05) is 41.5 Å². The van der Waals surface area contributed by atoms with Gasteiger partial charge in [0, 0.05) is 24.9 Å². The zero-order chi connectivity index (χ0) is 12.4. The molecule has 0 aromatic carbocycles. The maximum atomic E-state index is 7.93. The highest BCUT2D eigenvalue weighted by Crippen LogP contribution is 2.21. The molecule has 0 saturated carbocycles. The van der Waals surface area contributed by atoms with Crippen molar-refractivity contribution in [1.82, 2.24) is 4.90 Å². The van der Waals surface area contributed by atoms with E-state index in [1.807, 2.05) is 39.8 Å². The number of nitrogens with one attached hydrogen (secondary N) is 1. The average molecular weight is 211 g/mol. The van der Waals surface area contributed by atoms with Crippen LogP contribution in [0.3, 0.4) is 0 Å². The van der Waals surface area contributed by atoms with E-state index in [1.165, 1.54) is 0 Å². The van der Waals surface area contributed by atoms with E-state index >= 15 is 0 Å². The Morgan fingerprint density at radius 2 is 1.33 bits per heavy atom. The summed E-state index contributed by atoms with van der Waals surface area (Å²) < 4.78 is 0. The SMILES string of the molecule is CN(C)/C(=N\C(=N)C(C)(C)C)C(C)(C)C. The van der Waals surface area contributed by atoms with E-state index in [0.717, 1.165) is 5.84 Å². The molecule has 0 amide bonds. The van der Waals surface area contributed by atoms with Gasteiger partial charge in [0.1, 0.15) is 11.7 Å². The number of rotatable bonds is 0. The van der Waals surface area contributed by atoms with Crippen LogP contribution in [0.4, 0.5) is 0 Å². The molecule has 0 unspecified atom stereocenters. The van der Waals surface area contributed by atoms with Crippen LogP contribution < -0.4 is 0 Å². The molecule has 0 aliphatic rings. The maximum absolute atomic E-state index is 7.93. The highest BCUT2D eigenvalue weighted by Gasteiger charge is 2.24. The fraction of sp³-hybridized carbons (Fsp3) is 0.833. The second kappa shape index (κ2) is 4.33. The minimum Gasteiger partial charge on any atom is -0.366 e. The van der Waals surface area contributed by atoms with Crippen LogP contribution in [0.1, 0.15) is 41.5 Å². The molecule has 0 radical (unpaired) electrons. The summed E-state index contributed by atoms with van der Waals surface area (Å²) in [6, 6.07) is 0. The molecule has 0 aliphatic heterocycles. The Hall–Kier alpha value is -0.860. The van der Waals surface area contributed by atoms with Gasteiger partial charge in [-0.25, -0.2) is 4.99 Å². The molecule has 15 heavy (non-hydrogen) atoms. The quantitative estimate of drug-likeness (QED) is 0.485. The molecule has 88 valence electrons. The van der Waals surface area contributed by atoms with Crippen molar-refractivity contribution >= 4 is 11.7 Å². The molecule has 0 rings (SSSR count). The highest BCUT2D eigenvalue weighted by atomic mass is 15.2. The molecule has 0 aromatic heterocycles. The van der Waals surface area contributed by atoms with Gasteiger partial charge in [0.15, 0.2) is 0 Å². The van der Waals surface area contributed by atoms with E-state index in [4.69, 9.17) is 5.41 Å². The van der Waals surface area contributed by atoms with Crippen LogP contribution >= 0.6 is 0 Å². The van der Waals surface area contributed by atoms with E-state index in [2.05, 4.69) is 25.8 Å². The predicted molar refractivity (Wildman–Crippen MR) is 67.8 cm³/mol. The fourth-order valence-corrected chi connectivity index (χ4v) is 1.21. The third kappa shape index (κ3) is 4.45. The van der Waals surface area contributed by atoms with Crippen molar-refractivity contribution in [3.63, 3.8) is 0 Å². The Morgan fingerprint density at radius 3 is 1.53 bits per heavy atom. The van der Waals surface area contributed by atoms with Crippen LogP contribution in [0.2, 0.25) is 0 Å². The smallest absolute Gasteiger partial charge is 0.127 e. The lowest BCUT2D eigenvalue weighted by atomic mass is 9.92. The minimum atomic E-state index is -0.188. The van der Waals surface area contributed by atoms with E-state index in [-0.39, 0.29) is 10.8 Å². The van der Waals surface area contributed by atoms with Crippen molar-refractivity contribution in [2.45, 2.75) is 41.5 Å². The molecule has 0 heterocycles. The molecule has 3 nitrogen and oxygen atoms in total. The lowest BCUT2D eigenvalue weighted by Gasteiger charge is -2.29. The van der Waals surface area contributed by atoms with Gasteiger partial charge >= 0.3 is 0 Å². The summed E-state index contributed by atoms with van der Waals surface area (Å²) in [6.45, 7) is 12.4. The summed E-state index contributed by atoms with van der Waals surface area (Å²) in [5.74, 6) is 1.38. The topological polar surface area (TPSA) is 39.5 Å². The molecule has 1 N–H and O–H groups in total. The fourth-order valence-electron chi connectivity index (χ4n) is 1.21. The molecule has 0 aliphatic carbocycles. The Balaban J connectivity index is 5.13. The van der Waals surface area contributed by atoms with Crippen LogP contribution in [0.25, 0.3) is 0 Å². The standard InChI is InChI=1S/C12H25N3/c1-11(2,3)9(13)14-10(15(7)8)12(4,5)6/h13H,1-8H3/b13-9?,14-10-. The zero-order valence-corrected chi connectivity index (χ0v) is 11.4. The molecule has 0 atom stereocenters. The minimum absolute atomic E-state index is 0.0267. The summed E-state index contributed by atoms with van der Waals surface area (Å²) >= 11 is 0. The first kappa shape index (κ1) is 14.1. The van der Waals surface area contributed by atoms with E-state index in [9.17, 15) is 0 Å². The summed E-state index contributed by atoms with van der Waals surface area (Å²) in [6.07, 6.45) is 0. The summed E-state index contributed by atoms with van der Waals surface area (Å²) in [5.41, 5.74) is -0.215. The summed E-state index contributed by atoms with van der Waals surface area (Å²) in [7, 11) is 3.94. The van der Waals surface area contributed by atoms with Crippen LogP contribution in [-0.2, 0) is 0 Å². The summed E-state index contributed by atoms with van der Waals surface area (Å²) in [4.78, 5) is 6.43. The van der Waals surface area contributed by atoms with Gasteiger partial charge < -0.3 is 4.90 Å². The van der Waals surface area contributed by atoms with Gasteiger partial charge in [0.25, 0.3) is 0 Å². The van der Waals surface area contributed by atoms with E-state index in [0.29, 0.717) is 5.84 Å². The number of aliphatic imine (C=N–C) groups is 1. The van der Waals surface area contributed by atoms with E-state index in [1.54, 1.807) is 0 Å². The first-order valence-electron chi connectivity index (χ1n) is 5.32. The van der Waals surface area contributed by atoms with Gasteiger partial charge in [-0.2, -0.15) is 0 Å². The monoisotopic (exact) mass is 211 g/mol. The van der Waals surface area contributed by atoms with Crippen molar-refractivity contribution in [2.24, 2.45) is 15.8 Å². The highest BCUT2D eigenvalue weighted by molar-refractivity contribution is 5.99. The van der Waals surface area contributed by atoms with E-state index < -0.39 is 0 Å². The number of nitrogens with zero attached hydrogens (tertiary/aromatic N) is 2. The molecule has 0 aromatic rings. The van der Waals surface area contributed by atoms with Gasteiger partial charge in [-0.05, 0) is 0 Å². The van der Waals surface area contributed by atoms with Crippen LogP contribution in [0.15, 0.2) is 4.99 Å². The molecular weight excluding hydrogens is 186 g/mol. The number of amidine groups is 2. The molecular formula is C12H25N3. The zero-order valence-electron chi connectivity index (χ0n) is 11.4. The average Bonchev–Trinajstić information content (AvgIpc) is 1.94. The van der Waals surface area contributed by atoms with Crippen molar-refractivity contribution in [3.05, 3.63) is 0 Å². The number of hydrogen-bond donors (Lipinski definition) is 1. The van der Waals surface area contributed by atoms with Crippen LogP contribution in [0.5, 0.6) is 0 Å². The third-order valence-corrected chi connectivity index (χ3v) is 2.02. The van der Waals surface area contributed by atoms with Crippen molar-refractivity contribution in [1.29, 1.82) is 5.41 Å². The lowest BCUT2D eigenvalue weighted by Crippen LogP contribution is -2.36. The van der Waals surface area contributed by atoms with Gasteiger partial charge in [0.2, 0.25) is 0 Å². The van der Waals surface area contributed by atoms with Gasteiger partial charge in [0.05, 0.1) is 0 Å². The molecule has 0 bridgehead atoms. The third-order valence-electron chi connectivity index (χ3n) is 2.02. The normalized spacial score (nSPS) is 14.0. The molecule has 0 saturated heterocycles. The largest absolute Gasteiger partial charge is 0.366 e. The Labute approximate surface area is 94.1 Å². The van der Waals surface area contributed by atoms with Gasteiger partial charge in [-0.15, -0.1) is 0 Å². The first-order valence-corrected chi connectivity index (χ1v) is 5.32. The Bertz CT molecular complexity index is 262. The summed E-state index contributed by atoms with van der Waals surface area (Å²) in [5, 5.41) is 7.93. The van der Waals surface area contributed by atoms with Crippen LogP contribution in [-0.4, -0.2) is 30.7 Å². The second-order valence-corrected chi connectivity index (χ2v) is 6.18. The predicted octanol–water partition coefficient (Wildman–Crippen LogP) is 3.02. The maximum Gasteiger partial charge on any atom is 0.127 e. The second-order valence-electron chi connectivity index (χ2n) is 6.18. The first-order chi connectivity index (χ1) is 6.46. The van der Waals surface area contributed by atoms with Crippen molar-refractivity contribution in [3.8, 4) is 0 Å². The van der Waals surface area contributed by atoms with Crippen molar-refractivity contribution < 1.29 is 0 Å².